The molecule has 0 radical (unpaired) electrons. The van der Waals surface area contributed by atoms with Crippen LogP contribution in [0.2, 0.25) is 0 Å². The minimum absolute atomic E-state index is 0.162. The highest BCUT2D eigenvalue weighted by Gasteiger charge is 2.22. The maximum absolute atomic E-state index is 9.16. The first kappa shape index (κ1) is 12.9. The highest BCUT2D eigenvalue weighted by molar-refractivity contribution is 5.38. The largest absolute Gasteiger partial charge is 0.394 e. The first-order chi connectivity index (χ1) is 7.50. The average Bonchev–Trinajstić information content (AvgIpc) is 2.29. The van der Waals surface area contributed by atoms with Gasteiger partial charge in [0, 0.05) is 11.8 Å². The van der Waals surface area contributed by atoms with Gasteiger partial charge in [-0.3, -0.25) is 0 Å². The van der Waals surface area contributed by atoms with Gasteiger partial charge < -0.3 is 15.5 Å². The molecule has 1 aromatic rings. The summed E-state index contributed by atoms with van der Waals surface area (Å²) in [6.07, 6.45) is 1.48. The minimum Gasteiger partial charge on any atom is -0.394 e. The molecule has 16 heavy (non-hydrogen) atoms. The van der Waals surface area contributed by atoms with Crippen molar-refractivity contribution in [3.8, 4) is 0 Å². The zero-order valence-corrected chi connectivity index (χ0v) is 9.94. The summed E-state index contributed by atoms with van der Waals surface area (Å²) >= 11 is 0. The third-order valence-electron chi connectivity index (χ3n) is 2.41. The van der Waals surface area contributed by atoms with E-state index in [2.05, 4.69) is 15.3 Å². The van der Waals surface area contributed by atoms with Gasteiger partial charge in [0.2, 0.25) is 0 Å². The number of nitrogens with zero attached hydrogens (tertiary/aromatic N) is 2. The summed E-state index contributed by atoms with van der Waals surface area (Å²) in [5, 5.41) is 21.3. The van der Waals surface area contributed by atoms with Gasteiger partial charge in [0.05, 0.1) is 18.8 Å². The summed E-state index contributed by atoms with van der Waals surface area (Å²) in [6, 6.07) is 1.83. The summed E-state index contributed by atoms with van der Waals surface area (Å²) in [6.45, 7) is 5.49. The van der Waals surface area contributed by atoms with Gasteiger partial charge in [0.1, 0.15) is 12.1 Å². The third kappa shape index (κ3) is 3.15. The van der Waals surface area contributed by atoms with E-state index < -0.39 is 5.54 Å². The van der Waals surface area contributed by atoms with Gasteiger partial charge in [-0.15, -0.1) is 0 Å². The standard InChI is InChI=1S/C11H19N3O2/c1-8(2)9-4-10(13-7-12-9)14-11(3,5-15)6-16/h4,7-8,15-16H,5-6H2,1-3H3,(H,12,13,14). The Labute approximate surface area is 95.6 Å². The highest BCUT2D eigenvalue weighted by Crippen LogP contribution is 2.16. The lowest BCUT2D eigenvalue weighted by molar-refractivity contribution is 0.147. The van der Waals surface area contributed by atoms with E-state index in [-0.39, 0.29) is 13.2 Å². The van der Waals surface area contributed by atoms with Crippen molar-refractivity contribution in [3.63, 3.8) is 0 Å². The zero-order chi connectivity index (χ0) is 12.2. The lowest BCUT2D eigenvalue weighted by atomic mass is 10.1. The molecule has 5 nitrogen and oxygen atoms in total. The molecule has 3 N–H and O–H groups in total. The van der Waals surface area contributed by atoms with Crippen LogP contribution < -0.4 is 5.32 Å². The Bertz CT molecular complexity index is 338. The number of aliphatic hydroxyl groups is 2. The van der Waals surface area contributed by atoms with Crippen LogP contribution in [0.1, 0.15) is 32.4 Å². The molecule has 0 atom stereocenters. The molecule has 0 aliphatic rings. The summed E-state index contributed by atoms with van der Waals surface area (Å²) in [5.41, 5.74) is 0.165. The predicted molar refractivity (Wildman–Crippen MR) is 62.3 cm³/mol. The molecule has 0 aromatic carbocycles. The highest BCUT2D eigenvalue weighted by atomic mass is 16.3. The normalized spacial score (nSPS) is 11.9. The smallest absolute Gasteiger partial charge is 0.130 e. The van der Waals surface area contributed by atoms with Crippen molar-refractivity contribution >= 4 is 5.82 Å². The van der Waals surface area contributed by atoms with Gasteiger partial charge in [0.25, 0.3) is 0 Å². The van der Waals surface area contributed by atoms with Crippen LogP contribution in [-0.4, -0.2) is 38.9 Å². The second-order valence-electron chi connectivity index (χ2n) is 4.48. The second-order valence-corrected chi connectivity index (χ2v) is 4.48. The number of anilines is 1. The van der Waals surface area contributed by atoms with E-state index in [9.17, 15) is 0 Å². The summed E-state index contributed by atoms with van der Waals surface area (Å²) in [5.74, 6) is 0.933. The molecular weight excluding hydrogens is 206 g/mol. The van der Waals surface area contributed by atoms with Crippen LogP contribution in [0.3, 0.4) is 0 Å². The molecule has 1 aromatic heterocycles. The van der Waals surface area contributed by atoms with Crippen molar-refractivity contribution in [1.29, 1.82) is 0 Å². The fraction of sp³-hybridized carbons (Fsp3) is 0.636. The third-order valence-corrected chi connectivity index (χ3v) is 2.41. The molecule has 1 heterocycles. The fourth-order valence-corrected chi connectivity index (χ4v) is 1.19. The van der Waals surface area contributed by atoms with E-state index in [1.165, 1.54) is 6.33 Å². The van der Waals surface area contributed by atoms with E-state index in [4.69, 9.17) is 10.2 Å². The van der Waals surface area contributed by atoms with Gasteiger partial charge in [-0.1, -0.05) is 13.8 Å². The molecule has 0 fully saturated rings. The van der Waals surface area contributed by atoms with Gasteiger partial charge in [0.15, 0.2) is 0 Å². The Balaban J connectivity index is 2.85. The fourth-order valence-electron chi connectivity index (χ4n) is 1.19. The average molecular weight is 225 g/mol. The molecule has 0 saturated carbocycles. The van der Waals surface area contributed by atoms with Crippen LogP contribution in [-0.2, 0) is 0 Å². The maximum Gasteiger partial charge on any atom is 0.130 e. The molecule has 0 amide bonds. The Morgan fingerprint density at radius 2 is 1.94 bits per heavy atom. The molecule has 0 saturated heterocycles. The quantitative estimate of drug-likeness (QED) is 0.689. The van der Waals surface area contributed by atoms with E-state index in [1.54, 1.807) is 6.92 Å². The number of aliphatic hydroxyl groups excluding tert-OH is 2. The first-order valence-electron chi connectivity index (χ1n) is 5.32. The van der Waals surface area contributed by atoms with Gasteiger partial charge >= 0.3 is 0 Å². The predicted octanol–water partition coefficient (Wildman–Crippen LogP) is 0.755. The SMILES string of the molecule is CC(C)c1cc(NC(C)(CO)CO)ncn1. The van der Waals surface area contributed by atoms with Crippen molar-refractivity contribution in [3.05, 3.63) is 18.1 Å². The van der Waals surface area contributed by atoms with Crippen molar-refractivity contribution in [2.45, 2.75) is 32.2 Å². The van der Waals surface area contributed by atoms with Crippen LogP contribution in [0.25, 0.3) is 0 Å². The topological polar surface area (TPSA) is 78.3 Å². The molecule has 0 aliphatic carbocycles. The van der Waals surface area contributed by atoms with E-state index >= 15 is 0 Å². The molecule has 0 spiro atoms. The number of nitrogens with one attached hydrogen (secondary N) is 1. The molecular formula is C11H19N3O2. The number of rotatable bonds is 5. The number of hydrogen-bond acceptors (Lipinski definition) is 5. The van der Waals surface area contributed by atoms with Gasteiger partial charge in [-0.05, 0) is 12.8 Å². The van der Waals surface area contributed by atoms with Gasteiger partial charge in [-0.2, -0.15) is 0 Å². The van der Waals surface area contributed by atoms with Crippen LogP contribution in [0.4, 0.5) is 5.82 Å². The molecule has 1 rings (SSSR count). The summed E-state index contributed by atoms with van der Waals surface area (Å²) < 4.78 is 0. The van der Waals surface area contributed by atoms with E-state index in [0.29, 0.717) is 11.7 Å². The lowest BCUT2D eigenvalue weighted by Crippen LogP contribution is -2.42. The second kappa shape index (κ2) is 5.23. The van der Waals surface area contributed by atoms with Crippen LogP contribution >= 0.6 is 0 Å². The first-order valence-corrected chi connectivity index (χ1v) is 5.32. The summed E-state index contributed by atoms with van der Waals surface area (Å²) in [4.78, 5) is 8.20. The van der Waals surface area contributed by atoms with Crippen LogP contribution in [0.15, 0.2) is 12.4 Å². The molecule has 0 bridgehead atoms. The molecule has 90 valence electrons. The molecule has 5 heteroatoms. The summed E-state index contributed by atoms with van der Waals surface area (Å²) in [7, 11) is 0. The van der Waals surface area contributed by atoms with Crippen molar-refractivity contribution in [2.24, 2.45) is 0 Å². The lowest BCUT2D eigenvalue weighted by Gasteiger charge is -2.26. The minimum atomic E-state index is -0.761. The van der Waals surface area contributed by atoms with Crippen molar-refractivity contribution in [1.82, 2.24) is 9.97 Å². The Morgan fingerprint density at radius 1 is 1.31 bits per heavy atom. The van der Waals surface area contributed by atoms with Gasteiger partial charge in [-0.25, -0.2) is 9.97 Å². The van der Waals surface area contributed by atoms with E-state index in [1.807, 2.05) is 19.9 Å². The Kier molecular flexibility index (Phi) is 4.20. The Hall–Kier alpha value is -1.20. The zero-order valence-electron chi connectivity index (χ0n) is 9.94. The van der Waals surface area contributed by atoms with Crippen molar-refractivity contribution in [2.75, 3.05) is 18.5 Å². The monoisotopic (exact) mass is 225 g/mol. The van der Waals surface area contributed by atoms with Crippen molar-refractivity contribution < 1.29 is 10.2 Å². The Morgan fingerprint density at radius 3 is 2.44 bits per heavy atom. The number of hydrogen-bond donors (Lipinski definition) is 3. The van der Waals surface area contributed by atoms with Crippen LogP contribution in [0, 0.1) is 0 Å². The number of aromatic nitrogens is 2. The van der Waals surface area contributed by atoms with E-state index in [0.717, 1.165) is 5.69 Å². The molecule has 0 unspecified atom stereocenters. The maximum atomic E-state index is 9.16. The van der Waals surface area contributed by atoms with Crippen LogP contribution in [0.5, 0.6) is 0 Å². The molecule has 0 aliphatic heterocycles.